The van der Waals surface area contributed by atoms with Crippen molar-refractivity contribution in [2.45, 2.75) is 77.6 Å². The lowest BCUT2D eigenvalue weighted by atomic mass is 10.0. The molecule has 6 nitrogen and oxygen atoms in total. The topological polar surface area (TPSA) is 87.7 Å². The average molecular weight is 441 g/mol. The van der Waals surface area contributed by atoms with E-state index < -0.39 is 18.1 Å². The molecule has 0 aromatic heterocycles. The highest BCUT2D eigenvalue weighted by Gasteiger charge is 2.24. The molecule has 1 amide bonds. The van der Waals surface area contributed by atoms with Crippen LogP contribution in [0.1, 0.15) is 51.7 Å². The van der Waals surface area contributed by atoms with Gasteiger partial charge in [-0.2, -0.15) is 0 Å². The quantitative estimate of drug-likeness (QED) is 0.439. The van der Waals surface area contributed by atoms with Crippen LogP contribution >= 0.6 is 0 Å². The molecule has 0 aliphatic rings. The predicted molar refractivity (Wildman–Crippen MR) is 127 cm³/mol. The zero-order valence-corrected chi connectivity index (χ0v) is 19.5. The predicted octanol–water partition coefficient (Wildman–Crippen LogP) is 3.98. The molecule has 2 aromatic rings. The van der Waals surface area contributed by atoms with Crippen LogP contribution in [-0.2, 0) is 22.4 Å². The molecule has 174 valence electrons. The first kappa shape index (κ1) is 25.4. The molecule has 3 N–H and O–H groups in total. The number of carbonyl (C=O) groups excluding carboxylic acids is 1. The molecule has 2 rings (SSSR count). The van der Waals surface area contributed by atoms with Gasteiger partial charge in [-0.1, -0.05) is 49.4 Å². The second-order valence-electron chi connectivity index (χ2n) is 8.54. The van der Waals surface area contributed by atoms with Gasteiger partial charge in [0.05, 0.1) is 18.6 Å². The maximum absolute atomic E-state index is 13.2. The molecule has 6 heteroatoms. The summed E-state index contributed by atoms with van der Waals surface area (Å²) < 4.78 is 5.67. The maximum Gasteiger partial charge on any atom is 0.305 e. The standard InChI is InChI=1S/C26H36N2O4/c1-5-19(4)27-24(16-20-9-7-6-8-10-20)26(31)28-22(17-25(29)30)15-21-11-13-23(14-12-21)32-18(2)3/h6-14,18-19,22,24,27H,5,15-17H2,1-4H3,(H,28,31)(H,29,30)/t19?,22-,24-/m0/s1. The van der Waals surface area contributed by atoms with Gasteiger partial charge in [-0.25, -0.2) is 0 Å². The Balaban J connectivity index is 2.11. The summed E-state index contributed by atoms with van der Waals surface area (Å²) in [6.45, 7) is 8.03. The third-order valence-corrected chi connectivity index (χ3v) is 5.24. The van der Waals surface area contributed by atoms with Crippen LogP contribution in [0.4, 0.5) is 0 Å². The summed E-state index contributed by atoms with van der Waals surface area (Å²) in [5.41, 5.74) is 2.00. The fourth-order valence-corrected chi connectivity index (χ4v) is 3.49. The number of ether oxygens (including phenoxy) is 1. The molecule has 0 radical (unpaired) electrons. The minimum atomic E-state index is -0.940. The first-order valence-corrected chi connectivity index (χ1v) is 11.3. The SMILES string of the molecule is CCC(C)N[C@@H](Cc1ccccc1)C(=O)N[C@H](CC(=O)O)Cc1ccc(OC(C)C)cc1. The minimum absolute atomic E-state index is 0.0828. The molecule has 0 aliphatic carbocycles. The average Bonchev–Trinajstić information content (AvgIpc) is 2.74. The van der Waals surface area contributed by atoms with E-state index >= 15 is 0 Å². The number of hydrogen-bond donors (Lipinski definition) is 3. The lowest BCUT2D eigenvalue weighted by Gasteiger charge is -2.25. The van der Waals surface area contributed by atoms with E-state index in [-0.39, 0.29) is 24.5 Å². The summed E-state index contributed by atoms with van der Waals surface area (Å²) in [6.07, 6.45) is 1.80. The molecular weight excluding hydrogens is 404 g/mol. The van der Waals surface area contributed by atoms with Crippen LogP contribution in [0.3, 0.4) is 0 Å². The monoisotopic (exact) mass is 440 g/mol. The van der Waals surface area contributed by atoms with E-state index in [0.29, 0.717) is 12.8 Å². The van der Waals surface area contributed by atoms with Gasteiger partial charge in [0.1, 0.15) is 5.75 Å². The number of aliphatic carboxylic acids is 1. The van der Waals surface area contributed by atoms with Crippen LogP contribution in [0.15, 0.2) is 54.6 Å². The lowest BCUT2D eigenvalue weighted by molar-refractivity contribution is -0.137. The molecule has 0 saturated carbocycles. The molecule has 0 aliphatic heterocycles. The summed E-state index contributed by atoms with van der Waals surface area (Å²) in [7, 11) is 0. The number of carboxylic acid groups (broad SMARTS) is 1. The highest BCUT2D eigenvalue weighted by atomic mass is 16.5. The molecule has 0 fully saturated rings. The highest BCUT2D eigenvalue weighted by Crippen LogP contribution is 2.16. The Morgan fingerprint density at radius 3 is 2.12 bits per heavy atom. The first-order chi connectivity index (χ1) is 15.3. The van der Waals surface area contributed by atoms with Crippen LogP contribution in [0, 0.1) is 0 Å². The van der Waals surface area contributed by atoms with Gasteiger partial charge in [-0.3, -0.25) is 9.59 Å². The minimum Gasteiger partial charge on any atom is -0.491 e. The van der Waals surface area contributed by atoms with Crippen molar-refractivity contribution in [1.29, 1.82) is 0 Å². The number of amides is 1. The number of benzene rings is 2. The van der Waals surface area contributed by atoms with Gasteiger partial charge in [0, 0.05) is 12.1 Å². The van der Waals surface area contributed by atoms with Crippen molar-refractivity contribution in [2.24, 2.45) is 0 Å². The Kier molecular flexibility index (Phi) is 10.2. The van der Waals surface area contributed by atoms with Crippen molar-refractivity contribution in [2.75, 3.05) is 0 Å². The highest BCUT2D eigenvalue weighted by molar-refractivity contribution is 5.83. The molecular formula is C26H36N2O4. The lowest BCUT2D eigenvalue weighted by Crippen LogP contribution is -2.52. The van der Waals surface area contributed by atoms with Crippen LogP contribution in [-0.4, -0.2) is 41.2 Å². The normalized spacial score (nSPS) is 13.9. The molecule has 3 atom stereocenters. The largest absolute Gasteiger partial charge is 0.491 e. The van der Waals surface area contributed by atoms with Crippen LogP contribution < -0.4 is 15.4 Å². The third kappa shape index (κ3) is 9.10. The van der Waals surface area contributed by atoms with E-state index in [0.717, 1.165) is 23.3 Å². The van der Waals surface area contributed by atoms with Crippen molar-refractivity contribution in [3.8, 4) is 5.75 Å². The van der Waals surface area contributed by atoms with E-state index in [4.69, 9.17) is 4.74 Å². The van der Waals surface area contributed by atoms with Crippen molar-refractivity contribution >= 4 is 11.9 Å². The zero-order valence-electron chi connectivity index (χ0n) is 19.5. The van der Waals surface area contributed by atoms with Gasteiger partial charge in [-0.05, 0) is 63.3 Å². The summed E-state index contributed by atoms with van der Waals surface area (Å²) in [5.74, 6) is -0.354. The van der Waals surface area contributed by atoms with Gasteiger partial charge in [0.25, 0.3) is 0 Å². The second-order valence-corrected chi connectivity index (χ2v) is 8.54. The molecule has 2 aromatic carbocycles. The second kappa shape index (κ2) is 12.9. The van der Waals surface area contributed by atoms with Crippen molar-refractivity contribution in [3.05, 3.63) is 65.7 Å². The van der Waals surface area contributed by atoms with E-state index in [9.17, 15) is 14.7 Å². The Morgan fingerprint density at radius 1 is 0.938 bits per heavy atom. The van der Waals surface area contributed by atoms with Gasteiger partial charge in [0.15, 0.2) is 0 Å². The molecule has 0 heterocycles. The Hall–Kier alpha value is -2.86. The maximum atomic E-state index is 13.2. The van der Waals surface area contributed by atoms with Gasteiger partial charge >= 0.3 is 5.97 Å². The summed E-state index contributed by atoms with van der Waals surface area (Å²) in [5, 5.41) is 15.8. The van der Waals surface area contributed by atoms with Crippen molar-refractivity contribution < 1.29 is 19.4 Å². The summed E-state index contributed by atoms with van der Waals surface area (Å²) >= 11 is 0. The fraction of sp³-hybridized carbons (Fsp3) is 0.462. The number of carbonyl (C=O) groups is 2. The first-order valence-electron chi connectivity index (χ1n) is 11.3. The number of rotatable bonds is 13. The molecule has 32 heavy (non-hydrogen) atoms. The van der Waals surface area contributed by atoms with Crippen LogP contribution in [0.25, 0.3) is 0 Å². The smallest absolute Gasteiger partial charge is 0.305 e. The fourth-order valence-electron chi connectivity index (χ4n) is 3.49. The van der Waals surface area contributed by atoms with Gasteiger partial charge < -0.3 is 20.5 Å². The van der Waals surface area contributed by atoms with Gasteiger partial charge in [-0.15, -0.1) is 0 Å². The van der Waals surface area contributed by atoms with Crippen molar-refractivity contribution in [3.63, 3.8) is 0 Å². The Morgan fingerprint density at radius 2 is 1.56 bits per heavy atom. The molecule has 1 unspecified atom stereocenters. The van der Waals surface area contributed by atoms with Crippen LogP contribution in [0.2, 0.25) is 0 Å². The number of hydrogen-bond acceptors (Lipinski definition) is 4. The Bertz CT molecular complexity index is 837. The van der Waals surface area contributed by atoms with Crippen LogP contribution in [0.5, 0.6) is 5.75 Å². The third-order valence-electron chi connectivity index (χ3n) is 5.24. The van der Waals surface area contributed by atoms with E-state index in [1.54, 1.807) is 0 Å². The number of carboxylic acids is 1. The van der Waals surface area contributed by atoms with Gasteiger partial charge in [0.2, 0.25) is 5.91 Å². The summed E-state index contributed by atoms with van der Waals surface area (Å²) in [4.78, 5) is 24.6. The van der Waals surface area contributed by atoms with E-state index in [1.165, 1.54) is 0 Å². The van der Waals surface area contributed by atoms with E-state index in [1.807, 2.05) is 75.4 Å². The van der Waals surface area contributed by atoms with E-state index in [2.05, 4.69) is 17.6 Å². The molecule has 0 saturated heterocycles. The zero-order chi connectivity index (χ0) is 23.5. The molecule has 0 bridgehead atoms. The van der Waals surface area contributed by atoms with Crippen molar-refractivity contribution in [1.82, 2.24) is 10.6 Å². The Labute approximate surface area is 191 Å². The molecule has 0 spiro atoms. The summed E-state index contributed by atoms with van der Waals surface area (Å²) in [6, 6.07) is 16.6. The number of nitrogens with one attached hydrogen (secondary N) is 2.